The predicted molar refractivity (Wildman–Crippen MR) is 108 cm³/mol. The molecule has 3 rings (SSSR count). The van der Waals surface area contributed by atoms with E-state index < -0.39 is 37.3 Å². The van der Waals surface area contributed by atoms with E-state index in [9.17, 15) is 27.7 Å². The van der Waals surface area contributed by atoms with Crippen LogP contribution < -0.4 is 0 Å². The second-order valence-corrected chi connectivity index (χ2v) is 8.63. The molecule has 0 saturated heterocycles. The Bertz CT molecular complexity index is 1260. The summed E-state index contributed by atoms with van der Waals surface area (Å²) in [5.41, 5.74) is -0.287. The fourth-order valence-corrected chi connectivity index (χ4v) is 4.86. The van der Waals surface area contributed by atoms with Gasteiger partial charge in [-0.2, -0.15) is 4.39 Å². The van der Waals surface area contributed by atoms with Crippen LogP contribution in [0.15, 0.2) is 47.4 Å². The van der Waals surface area contributed by atoms with Crippen molar-refractivity contribution in [3.63, 3.8) is 0 Å². The number of carbonyl (C=O) groups excluding carboxylic acids is 1. The highest BCUT2D eigenvalue weighted by Gasteiger charge is 2.26. The molecule has 0 spiro atoms. The molecule has 0 unspecified atom stereocenters. The molecular weight excluding hydrogens is 439 g/mol. The van der Waals surface area contributed by atoms with Gasteiger partial charge in [0.05, 0.1) is 22.4 Å². The number of aromatic nitrogens is 1. The van der Waals surface area contributed by atoms with Gasteiger partial charge in [0, 0.05) is 28.6 Å². The number of hydrogen-bond acceptors (Lipinski definition) is 6. The van der Waals surface area contributed by atoms with E-state index in [0.717, 1.165) is 16.1 Å². The first kappa shape index (κ1) is 21.7. The molecule has 0 aliphatic heterocycles. The first-order valence-corrected chi connectivity index (χ1v) is 10.5. The predicted octanol–water partition coefficient (Wildman–Crippen LogP) is 4.07. The topological polar surface area (TPSA) is 109 Å². The maximum absolute atomic E-state index is 13.7. The highest BCUT2D eigenvalue weighted by atomic mass is 35.5. The van der Waals surface area contributed by atoms with Gasteiger partial charge in [0.25, 0.3) is 10.0 Å². The average molecular weight is 455 g/mol. The van der Waals surface area contributed by atoms with Gasteiger partial charge in [0.15, 0.2) is 0 Å². The summed E-state index contributed by atoms with van der Waals surface area (Å²) in [6.07, 6.45) is 0.612. The average Bonchev–Trinajstić information content (AvgIpc) is 3.05. The van der Waals surface area contributed by atoms with Crippen LogP contribution in [-0.4, -0.2) is 30.4 Å². The lowest BCUT2D eigenvalue weighted by molar-refractivity contribution is -0.387. The second-order valence-electron chi connectivity index (χ2n) is 6.41. The van der Waals surface area contributed by atoms with E-state index in [1.807, 2.05) is 0 Å². The molecule has 0 fully saturated rings. The molecule has 0 amide bonds. The number of nitro groups is 1. The van der Waals surface area contributed by atoms with Crippen molar-refractivity contribution in [3.8, 4) is 0 Å². The largest absolute Gasteiger partial charge is 0.469 e. The Hall–Kier alpha value is -2.98. The van der Waals surface area contributed by atoms with E-state index in [2.05, 4.69) is 4.74 Å². The molecular formula is C19H16ClFN2O6S. The maximum Gasteiger partial charge on any atom is 0.306 e. The number of ether oxygens (including phenoxy) is 1. The van der Waals surface area contributed by atoms with Gasteiger partial charge in [-0.15, -0.1) is 0 Å². The van der Waals surface area contributed by atoms with Crippen molar-refractivity contribution in [2.75, 3.05) is 7.11 Å². The third kappa shape index (κ3) is 4.14. The van der Waals surface area contributed by atoms with Gasteiger partial charge >= 0.3 is 11.7 Å². The number of aryl methyl sites for hydroxylation is 1. The third-order valence-electron chi connectivity index (χ3n) is 4.49. The highest BCUT2D eigenvalue weighted by Crippen LogP contribution is 2.30. The Kier molecular flexibility index (Phi) is 6.09. The number of carbonyl (C=O) groups is 1. The molecule has 0 saturated carbocycles. The van der Waals surface area contributed by atoms with Crippen molar-refractivity contribution in [2.45, 2.75) is 24.2 Å². The van der Waals surface area contributed by atoms with E-state index in [0.29, 0.717) is 34.1 Å². The molecule has 158 valence electrons. The van der Waals surface area contributed by atoms with Crippen LogP contribution in [0.5, 0.6) is 0 Å². The first-order valence-electron chi connectivity index (χ1n) is 8.71. The maximum atomic E-state index is 13.7. The summed E-state index contributed by atoms with van der Waals surface area (Å²) in [6.45, 7) is 0. The molecule has 2 aromatic carbocycles. The molecule has 11 heteroatoms. The number of hydrogen-bond donors (Lipinski definition) is 0. The summed E-state index contributed by atoms with van der Waals surface area (Å²) in [7, 11) is -3.05. The molecule has 0 N–H and O–H groups in total. The normalized spacial score (nSPS) is 11.6. The Morgan fingerprint density at radius 3 is 2.63 bits per heavy atom. The van der Waals surface area contributed by atoms with Crippen LogP contribution in [0.25, 0.3) is 10.9 Å². The van der Waals surface area contributed by atoms with Crippen LogP contribution in [0.2, 0.25) is 5.02 Å². The summed E-state index contributed by atoms with van der Waals surface area (Å²) in [5.74, 6) is -1.57. The van der Waals surface area contributed by atoms with Gasteiger partial charge in [-0.05, 0) is 49.2 Å². The van der Waals surface area contributed by atoms with Crippen LogP contribution in [0.1, 0.15) is 18.5 Å². The van der Waals surface area contributed by atoms with E-state index in [1.165, 1.54) is 19.2 Å². The monoisotopic (exact) mass is 454 g/mol. The van der Waals surface area contributed by atoms with Crippen molar-refractivity contribution >= 4 is 44.2 Å². The number of nitrogens with zero attached hydrogens (tertiary/aromatic N) is 2. The Balaban J connectivity index is 2.15. The fourth-order valence-electron chi connectivity index (χ4n) is 3.09. The summed E-state index contributed by atoms with van der Waals surface area (Å²) < 4.78 is 46.0. The number of fused-ring (bicyclic) bond motifs is 1. The van der Waals surface area contributed by atoms with Crippen molar-refractivity contribution in [2.24, 2.45) is 0 Å². The molecule has 0 aliphatic carbocycles. The lowest BCUT2D eigenvalue weighted by atomic mass is 10.2. The van der Waals surface area contributed by atoms with Crippen molar-refractivity contribution < 1.29 is 27.3 Å². The zero-order valence-electron chi connectivity index (χ0n) is 15.7. The summed E-state index contributed by atoms with van der Waals surface area (Å²) in [4.78, 5) is 21.0. The number of halogens is 2. The third-order valence-corrected chi connectivity index (χ3v) is 6.48. The SMILES string of the molecule is COC(=O)CCCc1cc2cc(Cl)ccc2n1S(=O)(=O)c1ccc(F)c([N+](=O)[O-])c1. The molecule has 8 nitrogen and oxygen atoms in total. The first-order chi connectivity index (χ1) is 14.1. The molecule has 0 radical (unpaired) electrons. The molecule has 1 aromatic heterocycles. The Morgan fingerprint density at radius 1 is 1.23 bits per heavy atom. The zero-order chi connectivity index (χ0) is 22.1. The van der Waals surface area contributed by atoms with E-state index in [-0.39, 0.29) is 12.8 Å². The second kappa shape index (κ2) is 8.41. The number of benzene rings is 2. The van der Waals surface area contributed by atoms with Crippen LogP contribution in [-0.2, 0) is 26.0 Å². The molecule has 0 aliphatic rings. The lowest BCUT2D eigenvalue weighted by Gasteiger charge is -2.12. The molecule has 0 atom stereocenters. The highest BCUT2D eigenvalue weighted by molar-refractivity contribution is 7.90. The van der Waals surface area contributed by atoms with Crippen LogP contribution in [0, 0.1) is 15.9 Å². The Morgan fingerprint density at radius 2 is 1.97 bits per heavy atom. The smallest absolute Gasteiger partial charge is 0.306 e. The molecule has 3 aromatic rings. The lowest BCUT2D eigenvalue weighted by Crippen LogP contribution is -2.16. The van der Waals surface area contributed by atoms with Gasteiger partial charge in [0.2, 0.25) is 5.82 Å². The minimum absolute atomic E-state index is 0.0842. The number of methoxy groups -OCH3 is 1. The van der Waals surface area contributed by atoms with E-state index >= 15 is 0 Å². The zero-order valence-corrected chi connectivity index (χ0v) is 17.2. The molecule has 30 heavy (non-hydrogen) atoms. The van der Waals surface area contributed by atoms with Gasteiger partial charge < -0.3 is 4.74 Å². The summed E-state index contributed by atoms with van der Waals surface area (Å²) in [6, 6.07) is 8.62. The minimum Gasteiger partial charge on any atom is -0.469 e. The molecule has 1 heterocycles. The van der Waals surface area contributed by atoms with Gasteiger partial charge in [-0.25, -0.2) is 12.4 Å². The van der Waals surface area contributed by atoms with E-state index in [4.69, 9.17) is 11.6 Å². The Labute approximate surface area is 176 Å². The fraction of sp³-hybridized carbons (Fsp3) is 0.211. The van der Waals surface area contributed by atoms with Crippen molar-refractivity contribution in [3.05, 3.63) is 69.1 Å². The van der Waals surface area contributed by atoms with Crippen LogP contribution >= 0.6 is 11.6 Å². The quantitative estimate of drug-likeness (QED) is 0.302. The van der Waals surface area contributed by atoms with E-state index in [1.54, 1.807) is 12.1 Å². The van der Waals surface area contributed by atoms with Gasteiger partial charge in [-0.3, -0.25) is 14.9 Å². The van der Waals surface area contributed by atoms with Crippen LogP contribution in [0.3, 0.4) is 0 Å². The van der Waals surface area contributed by atoms with Crippen LogP contribution in [0.4, 0.5) is 10.1 Å². The number of esters is 1. The summed E-state index contributed by atoms with van der Waals surface area (Å²) in [5, 5.41) is 12.0. The molecule has 0 bridgehead atoms. The minimum atomic E-state index is -4.31. The van der Waals surface area contributed by atoms with Crippen molar-refractivity contribution in [1.29, 1.82) is 0 Å². The summed E-state index contributed by atoms with van der Waals surface area (Å²) >= 11 is 6.01. The van der Waals surface area contributed by atoms with Crippen molar-refractivity contribution in [1.82, 2.24) is 3.97 Å². The van der Waals surface area contributed by atoms with Gasteiger partial charge in [-0.1, -0.05) is 11.6 Å². The standard InChI is InChI=1S/C19H16ClFN2O6S/c1-29-19(24)4-2-3-14-10-12-9-13(20)5-8-17(12)22(14)30(27,28)15-6-7-16(21)18(11-15)23(25)26/h5-11H,2-4H2,1H3. The number of rotatable bonds is 7. The number of nitro benzene ring substituents is 1. The van der Waals surface area contributed by atoms with Gasteiger partial charge in [0.1, 0.15) is 0 Å².